The highest BCUT2D eigenvalue weighted by Gasteiger charge is 2.09. The van der Waals surface area contributed by atoms with Crippen molar-refractivity contribution in [3.8, 4) is 0 Å². The molecule has 0 radical (unpaired) electrons. The molecule has 1 unspecified atom stereocenters. The van der Waals surface area contributed by atoms with Gasteiger partial charge in [-0.2, -0.15) is 0 Å². The van der Waals surface area contributed by atoms with E-state index in [1.807, 2.05) is 0 Å². The van der Waals surface area contributed by atoms with Gasteiger partial charge in [-0.3, -0.25) is 0 Å². The predicted molar refractivity (Wildman–Crippen MR) is 95.2 cm³/mol. The number of hydrogen-bond donors (Lipinski definition) is 1. The minimum absolute atomic E-state index is 0.487. The molecule has 1 N–H and O–H groups in total. The first-order valence-electron chi connectivity index (χ1n) is 8.63. The maximum atomic E-state index is 3.48. The van der Waals surface area contributed by atoms with Gasteiger partial charge in [0.25, 0.3) is 0 Å². The topological polar surface area (TPSA) is 15.3 Å². The molecule has 1 rings (SSSR count). The van der Waals surface area contributed by atoms with Crippen LogP contribution in [0.5, 0.6) is 0 Å². The molecule has 21 heavy (non-hydrogen) atoms. The largest absolute Gasteiger partial charge is 0.378 e. The zero-order valence-corrected chi connectivity index (χ0v) is 14.5. The Balaban J connectivity index is 2.35. The third kappa shape index (κ3) is 6.99. The summed E-state index contributed by atoms with van der Waals surface area (Å²) in [6, 6.07) is 9.38. The smallest absolute Gasteiger partial charge is 0.0364 e. The Labute approximate surface area is 131 Å². The van der Waals surface area contributed by atoms with Crippen LogP contribution in [0.25, 0.3) is 0 Å². The Bertz CT molecular complexity index is 374. The molecule has 0 aliphatic heterocycles. The van der Waals surface area contributed by atoms with Crippen molar-refractivity contribution < 1.29 is 0 Å². The maximum Gasteiger partial charge on any atom is 0.0364 e. The van der Waals surface area contributed by atoms with Gasteiger partial charge >= 0.3 is 0 Å². The minimum atomic E-state index is 0.487. The lowest BCUT2D eigenvalue weighted by Crippen LogP contribution is -2.17. The van der Waals surface area contributed by atoms with Gasteiger partial charge in [0.1, 0.15) is 0 Å². The summed E-state index contributed by atoms with van der Waals surface area (Å²) < 4.78 is 0. The fourth-order valence-electron chi connectivity index (χ4n) is 2.80. The van der Waals surface area contributed by atoms with E-state index in [0.717, 1.165) is 0 Å². The van der Waals surface area contributed by atoms with Crippen LogP contribution in [0.15, 0.2) is 24.3 Å². The molecule has 120 valence electrons. The van der Waals surface area contributed by atoms with Gasteiger partial charge < -0.3 is 10.2 Å². The van der Waals surface area contributed by atoms with E-state index in [1.165, 1.54) is 62.6 Å². The summed E-state index contributed by atoms with van der Waals surface area (Å²) in [6.07, 6.45) is 10.9. The zero-order chi connectivity index (χ0) is 15.5. The first-order chi connectivity index (χ1) is 10.2. The van der Waals surface area contributed by atoms with Gasteiger partial charge in [0.05, 0.1) is 0 Å². The Hall–Kier alpha value is -1.02. The highest BCUT2D eigenvalue weighted by atomic mass is 15.1. The molecule has 0 spiro atoms. The van der Waals surface area contributed by atoms with E-state index >= 15 is 0 Å². The van der Waals surface area contributed by atoms with Crippen LogP contribution in [-0.2, 0) is 0 Å². The second-order valence-corrected chi connectivity index (χ2v) is 6.24. The van der Waals surface area contributed by atoms with Crippen LogP contribution in [0.1, 0.15) is 69.9 Å². The van der Waals surface area contributed by atoms with Crippen molar-refractivity contribution >= 4 is 5.69 Å². The van der Waals surface area contributed by atoms with Crippen LogP contribution in [0.4, 0.5) is 5.69 Å². The van der Waals surface area contributed by atoms with E-state index in [1.54, 1.807) is 0 Å². The number of rotatable bonds is 11. The summed E-state index contributed by atoms with van der Waals surface area (Å²) >= 11 is 0. The SMILES string of the molecule is CCCCCCCCCC(NC)c1cccc(N(C)C)c1. The predicted octanol–water partition coefficient (Wildman–Crippen LogP) is 5.15. The number of nitrogens with one attached hydrogen (secondary N) is 1. The quantitative estimate of drug-likeness (QED) is 0.567. The molecule has 0 saturated heterocycles. The Morgan fingerprint density at radius 3 is 2.29 bits per heavy atom. The number of hydrogen-bond acceptors (Lipinski definition) is 2. The lowest BCUT2D eigenvalue weighted by molar-refractivity contribution is 0.496. The number of unbranched alkanes of at least 4 members (excludes halogenated alkanes) is 6. The van der Waals surface area contributed by atoms with E-state index in [4.69, 9.17) is 0 Å². The van der Waals surface area contributed by atoms with Gasteiger partial charge in [-0.25, -0.2) is 0 Å². The molecular weight excluding hydrogens is 256 g/mol. The van der Waals surface area contributed by atoms with Crippen LogP contribution in [0.2, 0.25) is 0 Å². The third-order valence-corrected chi connectivity index (χ3v) is 4.23. The summed E-state index contributed by atoms with van der Waals surface area (Å²) in [5, 5.41) is 3.48. The highest BCUT2D eigenvalue weighted by Crippen LogP contribution is 2.23. The summed E-state index contributed by atoms with van der Waals surface area (Å²) in [4.78, 5) is 2.17. The summed E-state index contributed by atoms with van der Waals surface area (Å²) in [6.45, 7) is 2.28. The summed E-state index contributed by atoms with van der Waals surface area (Å²) in [7, 11) is 6.28. The van der Waals surface area contributed by atoms with Crippen molar-refractivity contribution in [1.29, 1.82) is 0 Å². The monoisotopic (exact) mass is 290 g/mol. The zero-order valence-electron chi connectivity index (χ0n) is 14.5. The van der Waals surface area contributed by atoms with Crippen LogP contribution in [-0.4, -0.2) is 21.1 Å². The Kier molecular flexibility index (Phi) is 9.16. The molecule has 1 aromatic rings. The number of benzene rings is 1. The average Bonchev–Trinajstić information content (AvgIpc) is 2.50. The molecule has 1 aromatic carbocycles. The maximum absolute atomic E-state index is 3.48. The molecule has 0 heterocycles. The lowest BCUT2D eigenvalue weighted by Gasteiger charge is -2.19. The molecule has 1 atom stereocenters. The Morgan fingerprint density at radius 1 is 1.00 bits per heavy atom. The second-order valence-electron chi connectivity index (χ2n) is 6.24. The molecule has 0 aliphatic rings. The molecule has 0 bridgehead atoms. The van der Waals surface area contributed by atoms with Gasteiger partial charge in [-0.15, -0.1) is 0 Å². The van der Waals surface area contributed by atoms with Crippen molar-refractivity contribution in [1.82, 2.24) is 5.32 Å². The summed E-state index contributed by atoms with van der Waals surface area (Å²) in [5.41, 5.74) is 2.70. The van der Waals surface area contributed by atoms with Crippen LogP contribution >= 0.6 is 0 Å². The lowest BCUT2D eigenvalue weighted by atomic mass is 9.99. The number of nitrogens with zero attached hydrogens (tertiary/aromatic N) is 1. The first kappa shape index (κ1) is 18.0. The van der Waals surface area contributed by atoms with Gasteiger partial charge in [-0.1, -0.05) is 64.0 Å². The molecule has 2 nitrogen and oxygen atoms in total. The third-order valence-electron chi connectivity index (χ3n) is 4.23. The van der Waals surface area contributed by atoms with Crippen LogP contribution in [0.3, 0.4) is 0 Å². The molecule has 2 heteroatoms. The van der Waals surface area contributed by atoms with Crippen molar-refractivity contribution in [2.24, 2.45) is 0 Å². The standard InChI is InChI=1S/C19H34N2/c1-5-6-7-8-9-10-11-15-19(20-2)17-13-12-14-18(16-17)21(3)4/h12-14,16,19-20H,5-11,15H2,1-4H3. The molecule has 0 amide bonds. The van der Waals surface area contributed by atoms with Crippen LogP contribution in [0, 0.1) is 0 Å². The van der Waals surface area contributed by atoms with Crippen molar-refractivity contribution in [2.75, 3.05) is 26.0 Å². The molecular formula is C19H34N2. The highest BCUT2D eigenvalue weighted by molar-refractivity contribution is 5.47. The molecule has 0 aliphatic carbocycles. The van der Waals surface area contributed by atoms with E-state index < -0.39 is 0 Å². The Morgan fingerprint density at radius 2 is 1.67 bits per heavy atom. The molecule has 0 saturated carbocycles. The van der Waals surface area contributed by atoms with Gasteiger partial charge in [0, 0.05) is 25.8 Å². The fourth-order valence-corrected chi connectivity index (χ4v) is 2.80. The average molecular weight is 290 g/mol. The van der Waals surface area contributed by atoms with Crippen molar-refractivity contribution in [2.45, 2.75) is 64.3 Å². The van der Waals surface area contributed by atoms with E-state index in [0.29, 0.717) is 6.04 Å². The van der Waals surface area contributed by atoms with Gasteiger partial charge in [0.2, 0.25) is 0 Å². The van der Waals surface area contributed by atoms with Gasteiger partial charge in [-0.05, 0) is 31.2 Å². The van der Waals surface area contributed by atoms with Crippen LogP contribution < -0.4 is 10.2 Å². The molecule has 0 aromatic heterocycles. The van der Waals surface area contributed by atoms with Gasteiger partial charge in [0.15, 0.2) is 0 Å². The van der Waals surface area contributed by atoms with E-state index in [9.17, 15) is 0 Å². The summed E-state index contributed by atoms with van der Waals surface area (Å²) in [5.74, 6) is 0. The second kappa shape index (κ2) is 10.7. The normalized spacial score (nSPS) is 12.4. The van der Waals surface area contributed by atoms with E-state index in [-0.39, 0.29) is 0 Å². The van der Waals surface area contributed by atoms with Crippen molar-refractivity contribution in [3.63, 3.8) is 0 Å². The molecule has 0 fully saturated rings. The first-order valence-corrected chi connectivity index (χ1v) is 8.63. The minimum Gasteiger partial charge on any atom is -0.378 e. The van der Waals surface area contributed by atoms with E-state index in [2.05, 4.69) is 62.5 Å². The fraction of sp³-hybridized carbons (Fsp3) is 0.684. The van der Waals surface area contributed by atoms with Crippen molar-refractivity contribution in [3.05, 3.63) is 29.8 Å². The number of anilines is 1.